The van der Waals surface area contributed by atoms with Crippen LogP contribution in [0.15, 0.2) is 30.7 Å². The summed E-state index contributed by atoms with van der Waals surface area (Å²) in [5.74, 6) is -0.240. The van der Waals surface area contributed by atoms with Gasteiger partial charge in [0, 0.05) is 43.0 Å². The fourth-order valence-electron chi connectivity index (χ4n) is 5.02. The average molecular weight is 521 g/mol. The maximum absolute atomic E-state index is 13.2. The first-order chi connectivity index (χ1) is 17.1. The van der Waals surface area contributed by atoms with E-state index in [0.29, 0.717) is 41.8 Å². The van der Waals surface area contributed by atoms with Crippen LogP contribution in [-0.2, 0) is 14.6 Å². The maximum Gasteiger partial charge on any atom is 0.387 e. The van der Waals surface area contributed by atoms with Crippen molar-refractivity contribution in [1.82, 2.24) is 19.7 Å². The summed E-state index contributed by atoms with van der Waals surface area (Å²) < 4.78 is 61.2. The first-order valence-corrected chi connectivity index (χ1v) is 13.5. The molecule has 3 aromatic rings. The van der Waals surface area contributed by atoms with Crippen molar-refractivity contribution < 1.29 is 31.5 Å². The van der Waals surface area contributed by atoms with E-state index in [9.17, 15) is 22.0 Å². The molecule has 3 aromatic heterocycles. The molecule has 0 spiro atoms. The minimum atomic E-state index is -3.14. The van der Waals surface area contributed by atoms with Crippen molar-refractivity contribution in [3.63, 3.8) is 0 Å². The third-order valence-corrected chi connectivity index (χ3v) is 8.76. The number of sulfone groups is 1. The van der Waals surface area contributed by atoms with Crippen LogP contribution >= 0.6 is 0 Å². The summed E-state index contributed by atoms with van der Waals surface area (Å²) in [5.41, 5.74) is 1.27. The number of nitrogens with zero attached hydrogens (tertiary/aromatic N) is 4. The number of hydrogen-bond acceptors (Lipinski definition) is 8. The Morgan fingerprint density at radius 1 is 1.25 bits per heavy atom. The molecule has 0 aromatic carbocycles. The highest BCUT2D eigenvalue weighted by Crippen LogP contribution is 2.37. The molecule has 0 amide bonds. The lowest BCUT2D eigenvalue weighted by Gasteiger charge is -2.23. The Kier molecular flexibility index (Phi) is 6.50. The molecule has 9 nitrogen and oxygen atoms in total. The van der Waals surface area contributed by atoms with Gasteiger partial charge in [0.1, 0.15) is 17.1 Å². The van der Waals surface area contributed by atoms with Crippen LogP contribution in [0.1, 0.15) is 49.1 Å². The van der Waals surface area contributed by atoms with Gasteiger partial charge in [-0.2, -0.15) is 13.9 Å². The highest BCUT2D eigenvalue weighted by molar-refractivity contribution is 7.91. The molecule has 2 fully saturated rings. The van der Waals surface area contributed by atoms with Crippen molar-refractivity contribution in [3.05, 3.63) is 36.4 Å². The van der Waals surface area contributed by atoms with Crippen molar-refractivity contribution in [3.8, 4) is 17.0 Å². The number of fused-ring (bicyclic) bond motifs is 1. The number of carbonyl (C=O) groups excluding carboxylic acids is 1. The highest BCUT2D eigenvalue weighted by atomic mass is 32.2. The van der Waals surface area contributed by atoms with Crippen LogP contribution in [0.3, 0.4) is 0 Å². The summed E-state index contributed by atoms with van der Waals surface area (Å²) in [6.45, 7) is -0.0142. The number of halogens is 2. The topological polar surface area (TPSA) is 113 Å². The summed E-state index contributed by atoms with van der Waals surface area (Å²) in [4.78, 5) is 21.6. The molecule has 0 unspecified atom stereocenters. The molecule has 1 atom stereocenters. The number of alkyl halides is 2. The minimum absolute atomic E-state index is 0.0117. The van der Waals surface area contributed by atoms with Gasteiger partial charge in [-0.3, -0.25) is 19.4 Å². The van der Waals surface area contributed by atoms with Gasteiger partial charge in [0.2, 0.25) is 0 Å². The van der Waals surface area contributed by atoms with Gasteiger partial charge in [0.05, 0.1) is 29.3 Å². The van der Waals surface area contributed by atoms with Crippen molar-refractivity contribution in [1.29, 1.82) is 0 Å². The van der Waals surface area contributed by atoms with Crippen LogP contribution in [0.5, 0.6) is 5.75 Å². The van der Waals surface area contributed by atoms with Gasteiger partial charge in [0.15, 0.2) is 15.6 Å². The Bertz CT molecular complexity index is 1400. The van der Waals surface area contributed by atoms with Crippen molar-refractivity contribution >= 4 is 26.5 Å². The standard InChI is InChI=1S/C24H26F2N4O5S/c1-24(4-7-36(32,33)14-24)10-21(31)19-9-20-18(13-28-19)22(29-30(20)16-2-5-34-6-3-16)15-8-17(12-27-11-15)35-23(25)26/h8-9,11-13,16,23H,2-7,10,14H2,1H3/t24-/m1/s1. The van der Waals surface area contributed by atoms with Crippen LogP contribution in [0.25, 0.3) is 22.2 Å². The Balaban J connectivity index is 1.54. The molecule has 0 N–H and O–H groups in total. The molecule has 0 aliphatic carbocycles. The third-order valence-electron chi connectivity index (χ3n) is 6.80. The molecular formula is C24H26F2N4O5S. The molecule has 36 heavy (non-hydrogen) atoms. The largest absolute Gasteiger partial charge is 0.433 e. The number of aromatic nitrogens is 4. The minimum Gasteiger partial charge on any atom is -0.433 e. The second-order valence-corrected chi connectivity index (χ2v) is 11.9. The van der Waals surface area contributed by atoms with E-state index in [1.165, 1.54) is 18.5 Å². The normalized spacial score (nSPS) is 22.3. The summed E-state index contributed by atoms with van der Waals surface area (Å²) in [6, 6.07) is 3.14. The van der Waals surface area contributed by atoms with E-state index in [1.54, 1.807) is 12.3 Å². The van der Waals surface area contributed by atoms with Crippen LogP contribution in [0.2, 0.25) is 0 Å². The summed E-state index contributed by atoms with van der Waals surface area (Å²) in [7, 11) is -3.14. The summed E-state index contributed by atoms with van der Waals surface area (Å²) >= 11 is 0. The predicted octanol–water partition coefficient (Wildman–Crippen LogP) is 3.84. The molecule has 0 radical (unpaired) electrons. The van der Waals surface area contributed by atoms with E-state index in [-0.39, 0.29) is 41.2 Å². The highest BCUT2D eigenvalue weighted by Gasteiger charge is 2.40. The van der Waals surface area contributed by atoms with E-state index in [2.05, 4.69) is 14.7 Å². The number of carbonyl (C=O) groups is 1. The van der Waals surface area contributed by atoms with Gasteiger partial charge < -0.3 is 9.47 Å². The molecular weight excluding hydrogens is 494 g/mol. The lowest BCUT2D eigenvalue weighted by molar-refractivity contribution is -0.0500. The zero-order chi connectivity index (χ0) is 25.5. The van der Waals surface area contributed by atoms with Gasteiger partial charge in [-0.15, -0.1) is 0 Å². The van der Waals surface area contributed by atoms with Crippen LogP contribution in [0, 0.1) is 5.41 Å². The Hall–Kier alpha value is -2.99. The molecule has 5 rings (SSSR count). The van der Waals surface area contributed by atoms with Crippen molar-refractivity contribution in [2.75, 3.05) is 24.7 Å². The Morgan fingerprint density at radius 2 is 2.03 bits per heavy atom. The molecule has 192 valence electrons. The summed E-state index contributed by atoms with van der Waals surface area (Å²) in [6.07, 6.45) is 6.24. The second-order valence-electron chi connectivity index (χ2n) is 9.76. The molecule has 5 heterocycles. The van der Waals surface area contributed by atoms with Gasteiger partial charge >= 0.3 is 6.61 Å². The third kappa shape index (κ3) is 5.10. The average Bonchev–Trinajstić information content (AvgIpc) is 3.35. The number of ether oxygens (including phenoxy) is 2. The molecule has 2 aliphatic heterocycles. The van der Waals surface area contributed by atoms with Gasteiger partial charge in [-0.25, -0.2) is 8.42 Å². The maximum atomic E-state index is 13.2. The number of Topliss-reactive ketones (excluding diaryl/α,β-unsaturated/α-hetero) is 1. The molecule has 2 saturated heterocycles. The zero-order valence-corrected chi connectivity index (χ0v) is 20.5. The Morgan fingerprint density at radius 3 is 2.72 bits per heavy atom. The van der Waals surface area contributed by atoms with E-state index >= 15 is 0 Å². The second kappa shape index (κ2) is 9.47. The number of pyridine rings is 2. The molecule has 0 bridgehead atoms. The van der Waals surface area contributed by atoms with Crippen molar-refractivity contribution in [2.24, 2.45) is 5.41 Å². The van der Waals surface area contributed by atoms with E-state index in [1.807, 2.05) is 11.6 Å². The number of hydrogen-bond donors (Lipinski definition) is 0. The summed E-state index contributed by atoms with van der Waals surface area (Å²) in [5, 5.41) is 5.43. The molecule has 2 aliphatic rings. The van der Waals surface area contributed by atoms with E-state index in [4.69, 9.17) is 9.84 Å². The number of ketones is 1. The quantitative estimate of drug-likeness (QED) is 0.432. The predicted molar refractivity (Wildman–Crippen MR) is 127 cm³/mol. The SMILES string of the molecule is C[C@]1(CC(=O)c2cc3c(cn2)c(-c2cncc(OC(F)F)c2)nn3C2CCOCC2)CCS(=O)(=O)C1. The van der Waals surface area contributed by atoms with Crippen LogP contribution in [0.4, 0.5) is 8.78 Å². The monoisotopic (exact) mass is 520 g/mol. The zero-order valence-electron chi connectivity index (χ0n) is 19.7. The molecule has 0 saturated carbocycles. The first kappa shape index (κ1) is 24.7. The van der Waals surface area contributed by atoms with E-state index in [0.717, 1.165) is 12.8 Å². The smallest absolute Gasteiger partial charge is 0.387 e. The van der Waals surface area contributed by atoms with Crippen LogP contribution in [-0.4, -0.2) is 65.3 Å². The fourth-order valence-corrected chi connectivity index (χ4v) is 7.27. The number of rotatable bonds is 7. The lowest BCUT2D eigenvalue weighted by Crippen LogP contribution is -2.23. The lowest BCUT2D eigenvalue weighted by atomic mass is 9.84. The Labute approximate surface area is 206 Å². The van der Waals surface area contributed by atoms with Gasteiger partial charge in [-0.1, -0.05) is 6.92 Å². The van der Waals surface area contributed by atoms with Crippen molar-refractivity contribution in [2.45, 2.75) is 45.3 Å². The van der Waals surface area contributed by atoms with Gasteiger partial charge in [0.25, 0.3) is 0 Å². The fraction of sp³-hybridized carbons (Fsp3) is 0.500. The van der Waals surface area contributed by atoms with E-state index < -0.39 is 21.9 Å². The van der Waals surface area contributed by atoms with Gasteiger partial charge in [-0.05, 0) is 36.8 Å². The van der Waals surface area contributed by atoms with Crippen LogP contribution < -0.4 is 4.74 Å². The molecule has 12 heteroatoms. The first-order valence-electron chi connectivity index (χ1n) is 11.7.